The van der Waals surface area contributed by atoms with Crippen LogP contribution in [0.2, 0.25) is 10.0 Å². The van der Waals surface area contributed by atoms with Crippen molar-refractivity contribution in [2.24, 2.45) is 0 Å². The summed E-state index contributed by atoms with van der Waals surface area (Å²) in [5.74, 6) is -0.442. The third-order valence-corrected chi connectivity index (χ3v) is 10.5. The van der Waals surface area contributed by atoms with Gasteiger partial charge in [-0.15, -0.1) is 0 Å². The Morgan fingerprint density at radius 3 is 1.92 bits per heavy atom. The Morgan fingerprint density at radius 2 is 1.30 bits per heavy atom. The monoisotopic (exact) mass is 745 g/mol. The first-order chi connectivity index (χ1) is 25.8. The lowest BCUT2D eigenvalue weighted by atomic mass is 9.97. The van der Waals surface area contributed by atoms with Crippen molar-refractivity contribution in [2.75, 3.05) is 19.6 Å². The maximum atomic E-state index is 14.3. The van der Waals surface area contributed by atoms with Crippen molar-refractivity contribution in [3.8, 4) is 11.1 Å². The predicted octanol–water partition coefficient (Wildman–Crippen LogP) is 8.50. The molecular formula is C45H45Cl2N3O3. The van der Waals surface area contributed by atoms with Crippen LogP contribution in [0.5, 0.6) is 0 Å². The van der Waals surface area contributed by atoms with Gasteiger partial charge < -0.3 is 15.3 Å². The van der Waals surface area contributed by atoms with Crippen molar-refractivity contribution in [3.63, 3.8) is 0 Å². The van der Waals surface area contributed by atoms with Gasteiger partial charge in [-0.05, 0) is 65.3 Å². The molecule has 6 rings (SSSR count). The summed E-state index contributed by atoms with van der Waals surface area (Å²) in [6.07, 6.45) is 4.08. The van der Waals surface area contributed by atoms with Gasteiger partial charge in [0.05, 0.1) is 18.6 Å². The van der Waals surface area contributed by atoms with Gasteiger partial charge in [-0.1, -0.05) is 145 Å². The number of piperidine rings is 1. The number of likely N-dealkylation sites (tertiary alicyclic amines) is 1. The van der Waals surface area contributed by atoms with Gasteiger partial charge >= 0.3 is 0 Å². The molecule has 2 N–H and O–H groups in total. The number of halogens is 2. The van der Waals surface area contributed by atoms with Crippen LogP contribution >= 0.6 is 23.2 Å². The molecule has 53 heavy (non-hydrogen) atoms. The molecule has 0 spiro atoms. The summed E-state index contributed by atoms with van der Waals surface area (Å²) in [4.78, 5) is 31.9. The minimum Gasteiger partial charge on any atom is -0.389 e. The molecule has 0 bridgehead atoms. The van der Waals surface area contributed by atoms with Crippen LogP contribution in [-0.4, -0.2) is 64.5 Å². The molecule has 1 heterocycles. The molecule has 0 saturated carbocycles. The number of hydrogen-bond donors (Lipinski definition) is 2. The summed E-state index contributed by atoms with van der Waals surface area (Å²) in [5.41, 5.74) is 5.88. The van der Waals surface area contributed by atoms with Crippen molar-refractivity contribution in [1.29, 1.82) is 0 Å². The number of nitrogens with zero attached hydrogens (tertiary/aromatic N) is 2. The van der Waals surface area contributed by atoms with Crippen LogP contribution in [0.4, 0.5) is 0 Å². The number of rotatable bonds is 14. The molecule has 1 aliphatic rings. The average molecular weight is 747 g/mol. The minimum atomic E-state index is -1.04. The van der Waals surface area contributed by atoms with E-state index in [4.69, 9.17) is 23.2 Å². The number of aliphatic hydroxyl groups excluding tert-OH is 1. The molecule has 0 radical (unpaired) electrons. The van der Waals surface area contributed by atoms with Gasteiger partial charge in [0, 0.05) is 53.9 Å². The van der Waals surface area contributed by atoms with Crippen LogP contribution in [-0.2, 0) is 29.0 Å². The molecule has 2 atom stereocenters. The molecule has 2 amide bonds. The van der Waals surface area contributed by atoms with Gasteiger partial charge in [0.15, 0.2) is 0 Å². The highest BCUT2D eigenvalue weighted by atomic mass is 35.5. The maximum Gasteiger partial charge on any atom is 0.244 e. The highest BCUT2D eigenvalue weighted by molar-refractivity contribution is 6.37. The van der Waals surface area contributed by atoms with E-state index < -0.39 is 18.1 Å². The number of nitrogens with one attached hydrogen (secondary N) is 1. The van der Waals surface area contributed by atoms with E-state index in [-0.39, 0.29) is 24.9 Å². The number of aliphatic hydroxyl groups is 1. The van der Waals surface area contributed by atoms with Crippen LogP contribution < -0.4 is 5.32 Å². The van der Waals surface area contributed by atoms with Crippen LogP contribution in [0.25, 0.3) is 17.2 Å². The number of amides is 2. The van der Waals surface area contributed by atoms with E-state index in [2.05, 4.69) is 46.6 Å². The van der Waals surface area contributed by atoms with Crippen LogP contribution in [0.1, 0.15) is 35.1 Å². The lowest BCUT2D eigenvalue weighted by Gasteiger charge is -2.40. The van der Waals surface area contributed by atoms with Gasteiger partial charge in [-0.25, -0.2) is 0 Å². The lowest BCUT2D eigenvalue weighted by molar-refractivity contribution is -0.136. The topological polar surface area (TPSA) is 72.9 Å². The molecule has 272 valence electrons. The SMILES string of the molecule is O=C(/C=C/c1c(Cl)cccc1Cl)N[C@@H](Cc1ccccc1)[C@@H](O)CN(C(=O)Cc1ccc(-c2ccccc2)cc1)C1CCN(Cc2ccccc2)CC1. The number of carbonyl (C=O) groups is 2. The molecule has 5 aromatic carbocycles. The van der Waals surface area contributed by atoms with Crippen molar-refractivity contribution in [3.05, 3.63) is 172 Å². The Labute approximate surface area is 322 Å². The zero-order valence-corrected chi connectivity index (χ0v) is 31.2. The molecule has 0 unspecified atom stereocenters. The lowest BCUT2D eigenvalue weighted by Crippen LogP contribution is -2.54. The fourth-order valence-electron chi connectivity index (χ4n) is 6.95. The molecule has 0 aliphatic carbocycles. The number of benzene rings is 5. The highest BCUT2D eigenvalue weighted by Gasteiger charge is 2.32. The Hall–Kier alpha value is -4.72. The second kappa shape index (κ2) is 18.9. The summed E-state index contributed by atoms with van der Waals surface area (Å²) < 4.78 is 0. The van der Waals surface area contributed by atoms with Crippen molar-refractivity contribution in [2.45, 2.75) is 50.4 Å². The summed E-state index contributed by atoms with van der Waals surface area (Å²) in [7, 11) is 0. The largest absolute Gasteiger partial charge is 0.389 e. The normalized spacial score (nSPS) is 14.8. The predicted molar refractivity (Wildman–Crippen MR) is 216 cm³/mol. The second-order valence-corrected chi connectivity index (χ2v) is 14.4. The van der Waals surface area contributed by atoms with Crippen LogP contribution in [0.15, 0.2) is 140 Å². The highest BCUT2D eigenvalue weighted by Crippen LogP contribution is 2.26. The zero-order chi connectivity index (χ0) is 37.0. The fourth-order valence-corrected chi connectivity index (χ4v) is 7.47. The van der Waals surface area contributed by atoms with E-state index in [9.17, 15) is 14.7 Å². The molecule has 0 aromatic heterocycles. The van der Waals surface area contributed by atoms with Gasteiger partial charge in [0.2, 0.25) is 11.8 Å². The van der Waals surface area contributed by atoms with E-state index >= 15 is 0 Å². The Bertz CT molecular complexity index is 1930. The number of hydrogen-bond acceptors (Lipinski definition) is 4. The summed E-state index contributed by atoms with van der Waals surface area (Å²) >= 11 is 12.7. The Kier molecular flexibility index (Phi) is 13.5. The molecule has 1 aliphatic heterocycles. The molecular weight excluding hydrogens is 701 g/mol. The molecule has 5 aromatic rings. The molecule has 1 fully saturated rings. The standard InChI is InChI=1S/C45H45Cl2N3O3/c46-40-17-10-18-41(47)39(40)23-24-44(52)48-42(29-33-11-4-1-5-12-33)43(51)32-50(38-25-27-49(28-26-38)31-35-13-6-2-7-14-35)45(53)30-34-19-21-37(22-20-34)36-15-8-3-9-16-36/h1-24,38,42-43,51H,25-32H2,(H,48,52)/b24-23+/t42-,43-/m0/s1. The van der Waals surface area contributed by atoms with Crippen molar-refractivity contribution < 1.29 is 14.7 Å². The third-order valence-electron chi connectivity index (χ3n) is 9.86. The third kappa shape index (κ3) is 10.9. The minimum absolute atomic E-state index is 0.0453. The molecule has 8 heteroatoms. The smallest absolute Gasteiger partial charge is 0.244 e. The van der Waals surface area contributed by atoms with E-state index in [0.717, 1.165) is 54.7 Å². The second-order valence-electron chi connectivity index (χ2n) is 13.6. The van der Waals surface area contributed by atoms with E-state index in [1.54, 1.807) is 24.3 Å². The van der Waals surface area contributed by atoms with Gasteiger partial charge in [0.25, 0.3) is 0 Å². The first kappa shape index (κ1) is 38.0. The van der Waals surface area contributed by atoms with E-state index in [1.807, 2.05) is 83.8 Å². The van der Waals surface area contributed by atoms with Crippen molar-refractivity contribution in [1.82, 2.24) is 15.1 Å². The Morgan fingerprint density at radius 1 is 0.736 bits per heavy atom. The van der Waals surface area contributed by atoms with Crippen LogP contribution in [0.3, 0.4) is 0 Å². The quantitative estimate of drug-likeness (QED) is 0.112. The maximum absolute atomic E-state index is 14.3. The molecule has 6 nitrogen and oxygen atoms in total. The van der Waals surface area contributed by atoms with Gasteiger partial charge in [0.1, 0.15) is 0 Å². The molecule has 1 saturated heterocycles. The van der Waals surface area contributed by atoms with E-state index in [1.165, 1.54) is 11.6 Å². The van der Waals surface area contributed by atoms with Gasteiger partial charge in [-0.2, -0.15) is 0 Å². The van der Waals surface area contributed by atoms with Crippen LogP contribution in [0, 0.1) is 0 Å². The first-order valence-electron chi connectivity index (χ1n) is 18.2. The van der Waals surface area contributed by atoms with Crippen molar-refractivity contribution >= 4 is 41.1 Å². The fraction of sp³-hybridized carbons (Fsp3) is 0.244. The average Bonchev–Trinajstić information content (AvgIpc) is 3.18. The summed E-state index contributed by atoms with van der Waals surface area (Å²) in [5, 5.41) is 15.8. The number of carbonyl (C=O) groups excluding carboxylic acids is 2. The zero-order valence-electron chi connectivity index (χ0n) is 29.7. The Balaban J connectivity index is 1.20. The van der Waals surface area contributed by atoms with Gasteiger partial charge in [-0.3, -0.25) is 14.5 Å². The summed E-state index contributed by atoms with van der Waals surface area (Å²) in [6, 6.07) is 42.9. The van der Waals surface area contributed by atoms with E-state index in [0.29, 0.717) is 22.0 Å². The first-order valence-corrected chi connectivity index (χ1v) is 18.9. The summed E-state index contributed by atoms with van der Waals surface area (Å²) in [6.45, 7) is 2.62.